The van der Waals surface area contributed by atoms with E-state index in [9.17, 15) is 4.79 Å². The summed E-state index contributed by atoms with van der Waals surface area (Å²) in [4.78, 5) is 22.4. The molecule has 2 heterocycles. The molecule has 1 aromatic carbocycles. The summed E-state index contributed by atoms with van der Waals surface area (Å²) < 4.78 is 6.02. The second kappa shape index (κ2) is 7.51. The van der Waals surface area contributed by atoms with Crippen LogP contribution in [0.1, 0.15) is 43.5 Å². The molecule has 24 heavy (non-hydrogen) atoms. The molecule has 1 aromatic heterocycles. The van der Waals surface area contributed by atoms with Crippen LogP contribution in [0.15, 0.2) is 36.7 Å². The molecule has 0 radical (unpaired) electrons. The van der Waals surface area contributed by atoms with Crippen molar-refractivity contribution in [3.05, 3.63) is 48.0 Å². The first-order chi connectivity index (χ1) is 11.7. The third kappa shape index (κ3) is 3.61. The second-order valence-corrected chi connectivity index (χ2v) is 6.38. The standard InChI is InChI=1S/C19H25N3O2/c1-3-16(24-17-9-5-4-7-14(17)2)19(23)22-12-6-8-15(13-22)18-20-10-11-21-18/h4-5,7,9-11,15-16H,3,6,8,12-13H2,1-2H3,(H,20,21)/t15-,16-/m0/s1. The van der Waals surface area contributed by atoms with Crippen LogP contribution in [-0.4, -0.2) is 40.0 Å². The molecule has 1 amide bonds. The molecular weight excluding hydrogens is 302 g/mol. The zero-order valence-electron chi connectivity index (χ0n) is 14.4. The predicted octanol–water partition coefficient (Wildman–Crippen LogP) is 3.28. The molecule has 128 valence electrons. The van der Waals surface area contributed by atoms with Gasteiger partial charge in [0.1, 0.15) is 11.6 Å². The van der Waals surface area contributed by atoms with E-state index < -0.39 is 6.10 Å². The van der Waals surface area contributed by atoms with Gasteiger partial charge in [0, 0.05) is 31.4 Å². The summed E-state index contributed by atoms with van der Waals surface area (Å²) in [5.74, 6) is 2.13. The SMILES string of the molecule is CC[C@H](Oc1ccccc1C)C(=O)N1CCC[C@H](c2ncc[nH]2)C1. The number of ether oxygens (including phenoxy) is 1. The fourth-order valence-corrected chi connectivity index (χ4v) is 3.26. The molecule has 0 aliphatic carbocycles. The van der Waals surface area contributed by atoms with Crippen molar-refractivity contribution >= 4 is 5.91 Å². The Labute approximate surface area is 143 Å². The Kier molecular flexibility index (Phi) is 5.18. The number of nitrogens with zero attached hydrogens (tertiary/aromatic N) is 2. The number of hydrogen-bond donors (Lipinski definition) is 1. The lowest BCUT2D eigenvalue weighted by Gasteiger charge is -2.34. The van der Waals surface area contributed by atoms with Crippen LogP contribution in [0.5, 0.6) is 5.75 Å². The van der Waals surface area contributed by atoms with Gasteiger partial charge in [0.25, 0.3) is 5.91 Å². The number of benzene rings is 1. The first-order valence-electron chi connectivity index (χ1n) is 8.69. The molecule has 2 aromatic rings. The molecular formula is C19H25N3O2. The van der Waals surface area contributed by atoms with Crippen LogP contribution in [-0.2, 0) is 4.79 Å². The van der Waals surface area contributed by atoms with Crippen molar-refractivity contribution in [3.8, 4) is 5.75 Å². The molecule has 1 aliphatic rings. The lowest BCUT2D eigenvalue weighted by Crippen LogP contribution is -2.46. The number of carbonyl (C=O) groups is 1. The average molecular weight is 327 g/mol. The molecule has 1 saturated heterocycles. The maximum atomic E-state index is 12.9. The highest BCUT2D eigenvalue weighted by atomic mass is 16.5. The summed E-state index contributed by atoms with van der Waals surface area (Å²) in [6.45, 7) is 5.50. The zero-order valence-corrected chi connectivity index (χ0v) is 14.4. The van der Waals surface area contributed by atoms with Crippen molar-refractivity contribution in [1.29, 1.82) is 0 Å². The van der Waals surface area contributed by atoms with Crippen molar-refractivity contribution in [1.82, 2.24) is 14.9 Å². The molecule has 0 saturated carbocycles. The van der Waals surface area contributed by atoms with E-state index >= 15 is 0 Å². The van der Waals surface area contributed by atoms with Crippen molar-refractivity contribution in [2.24, 2.45) is 0 Å². The Morgan fingerprint density at radius 1 is 1.46 bits per heavy atom. The van der Waals surface area contributed by atoms with Gasteiger partial charge in [-0.1, -0.05) is 25.1 Å². The lowest BCUT2D eigenvalue weighted by molar-refractivity contribution is -0.140. The number of hydrogen-bond acceptors (Lipinski definition) is 3. The normalized spacial score (nSPS) is 19.1. The number of H-pyrrole nitrogens is 1. The van der Waals surface area contributed by atoms with Crippen molar-refractivity contribution in [2.45, 2.75) is 45.1 Å². The summed E-state index contributed by atoms with van der Waals surface area (Å²) in [5.41, 5.74) is 1.05. The third-order valence-corrected chi connectivity index (χ3v) is 4.65. The summed E-state index contributed by atoms with van der Waals surface area (Å²) in [6.07, 6.45) is 5.90. The number of amides is 1. The molecule has 0 spiro atoms. The quantitative estimate of drug-likeness (QED) is 0.917. The Morgan fingerprint density at radius 3 is 3.00 bits per heavy atom. The van der Waals surface area contributed by atoms with E-state index in [1.54, 1.807) is 6.20 Å². The van der Waals surface area contributed by atoms with Gasteiger partial charge in [-0.2, -0.15) is 0 Å². The van der Waals surface area contributed by atoms with Crippen LogP contribution in [0.4, 0.5) is 0 Å². The minimum atomic E-state index is -0.429. The maximum Gasteiger partial charge on any atom is 0.263 e. The van der Waals surface area contributed by atoms with E-state index in [-0.39, 0.29) is 11.8 Å². The molecule has 5 heteroatoms. The van der Waals surface area contributed by atoms with Gasteiger partial charge in [-0.05, 0) is 37.8 Å². The molecule has 1 N–H and O–H groups in total. The highest BCUT2D eigenvalue weighted by molar-refractivity contribution is 5.81. The van der Waals surface area contributed by atoms with E-state index in [0.29, 0.717) is 13.0 Å². The van der Waals surface area contributed by atoms with Gasteiger partial charge in [-0.25, -0.2) is 4.98 Å². The van der Waals surface area contributed by atoms with E-state index in [2.05, 4.69) is 9.97 Å². The highest BCUT2D eigenvalue weighted by Crippen LogP contribution is 2.26. The van der Waals surface area contributed by atoms with Crippen LogP contribution in [0.2, 0.25) is 0 Å². The van der Waals surface area contributed by atoms with E-state index in [4.69, 9.17) is 4.74 Å². The number of aryl methyl sites for hydroxylation is 1. The number of piperidine rings is 1. The van der Waals surface area contributed by atoms with Crippen molar-refractivity contribution < 1.29 is 9.53 Å². The molecule has 1 aliphatic heterocycles. The Balaban J connectivity index is 1.68. The average Bonchev–Trinajstić information content (AvgIpc) is 3.15. The fraction of sp³-hybridized carbons (Fsp3) is 0.474. The van der Waals surface area contributed by atoms with Crippen LogP contribution in [0.25, 0.3) is 0 Å². The summed E-state index contributed by atoms with van der Waals surface area (Å²) in [6, 6.07) is 7.84. The topological polar surface area (TPSA) is 58.2 Å². The first kappa shape index (κ1) is 16.6. The fourth-order valence-electron chi connectivity index (χ4n) is 3.26. The number of nitrogens with one attached hydrogen (secondary N) is 1. The lowest BCUT2D eigenvalue weighted by atomic mass is 9.97. The maximum absolute atomic E-state index is 12.9. The molecule has 5 nitrogen and oxygen atoms in total. The van der Waals surface area contributed by atoms with Crippen LogP contribution in [0.3, 0.4) is 0 Å². The van der Waals surface area contributed by atoms with Crippen LogP contribution < -0.4 is 4.74 Å². The van der Waals surface area contributed by atoms with Gasteiger partial charge < -0.3 is 14.6 Å². The second-order valence-electron chi connectivity index (χ2n) is 6.38. The minimum absolute atomic E-state index is 0.0806. The Morgan fingerprint density at radius 2 is 2.29 bits per heavy atom. The summed E-state index contributed by atoms with van der Waals surface area (Å²) >= 11 is 0. The van der Waals surface area contributed by atoms with Crippen LogP contribution >= 0.6 is 0 Å². The van der Waals surface area contributed by atoms with Gasteiger partial charge in [-0.3, -0.25) is 4.79 Å². The number of para-hydroxylation sites is 1. The van der Waals surface area contributed by atoms with Gasteiger partial charge in [0.05, 0.1) is 0 Å². The Bertz CT molecular complexity index is 669. The minimum Gasteiger partial charge on any atom is -0.480 e. The number of aromatic amines is 1. The largest absolute Gasteiger partial charge is 0.480 e. The molecule has 0 unspecified atom stereocenters. The molecule has 3 rings (SSSR count). The van der Waals surface area contributed by atoms with E-state index in [1.165, 1.54) is 0 Å². The zero-order chi connectivity index (χ0) is 16.9. The molecule has 0 bridgehead atoms. The van der Waals surface area contributed by atoms with Crippen LogP contribution in [0, 0.1) is 6.92 Å². The van der Waals surface area contributed by atoms with E-state index in [0.717, 1.165) is 36.5 Å². The number of aromatic nitrogens is 2. The Hall–Kier alpha value is -2.30. The number of likely N-dealkylation sites (tertiary alicyclic amines) is 1. The molecule has 1 fully saturated rings. The summed E-state index contributed by atoms with van der Waals surface area (Å²) in [5, 5.41) is 0. The van der Waals surface area contributed by atoms with Gasteiger partial charge >= 0.3 is 0 Å². The van der Waals surface area contributed by atoms with Crippen molar-refractivity contribution in [3.63, 3.8) is 0 Å². The molecule has 2 atom stereocenters. The number of imidazole rings is 1. The highest BCUT2D eigenvalue weighted by Gasteiger charge is 2.30. The number of rotatable bonds is 5. The van der Waals surface area contributed by atoms with Gasteiger partial charge in [0.15, 0.2) is 6.10 Å². The van der Waals surface area contributed by atoms with Gasteiger partial charge in [0.2, 0.25) is 0 Å². The monoisotopic (exact) mass is 327 g/mol. The smallest absolute Gasteiger partial charge is 0.263 e. The predicted molar refractivity (Wildman–Crippen MR) is 93.0 cm³/mol. The van der Waals surface area contributed by atoms with Gasteiger partial charge in [-0.15, -0.1) is 0 Å². The van der Waals surface area contributed by atoms with E-state index in [1.807, 2.05) is 49.2 Å². The number of carbonyl (C=O) groups excluding carboxylic acids is 1. The summed E-state index contributed by atoms with van der Waals surface area (Å²) in [7, 11) is 0. The third-order valence-electron chi connectivity index (χ3n) is 4.65. The first-order valence-corrected chi connectivity index (χ1v) is 8.69. The van der Waals surface area contributed by atoms with Crippen molar-refractivity contribution in [2.75, 3.05) is 13.1 Å².